The Balaban J connectivity index is 2.21. The van der Waals surface area contributed by atoms with E-state index in [0.29, 0.717) is 5.56 Å². The van der Waals surface area contributed by atoms with Crippen LogP contribution in [0.15, 0.2) is 30.3 Å². The molecule has 0 fully saturated rings. The van der Waals surface area contributed by atoms with Crippen LogP contribution in [0.25, 0.3) is 5.69 Å². The lowest BCUT2D eigenvalue weighted by atomic mass is 10.2. The lowest BCUT2D eigenvalue weighted by Gasteiger charge is -2.07. The highest BCUT2D eigenvalue weighted by Crippen LogP contribution is 2.14. The molecule has 2 rings (SSSR count). The van der Waals surface area contributed by atoms with Gasteiger partial charge in [0.1, 0.15) is 6.07 Å². The number of nitriles is 1. The summed E-state index contributed by atoms with van der Waals surface area (Å²) in [6.07, 6.45) is -0.752. The quantitative estimate of drug-likeness (QED) is 0.803. The third kappa shape index (κ3) is 2.86. The number of hydrogen-bond donors (Lipinski definition) is 0. The van der Waals surface area contributed by atoms with Crippen molar-refractivity contribution in [2.24, 2.45) is 0 Å². The molecule has 0 aliphatic carbocycles. The van der Waals surface area contributed by atoms with E-state index in [1.807, 2.05) is 30.7 Å². The molecule has 0 bridgehead atoms. The number of nitrogens with zero attached hydrogens (tertiary/aromatic N) is 3. The Hall–Kier alpha value is -2.61. The number of carbonyl (C=O) groups excluding carboxylic acids is 1. The summed E-state index contributed by atoms with van der Waals surface area (Å²) < 4.78 is 6.74. The molecule has 0 spiro atoms. The van der Waals surface area contributed by atoms with Gasteiger partial charge < -0.3 is 4.74 Å². The number of aromatic nitrogens is 2. The van der Waals surface area contributed by atoms with Crippen molar-refractivity contribution in [1.82, 2.24) is 9.78 Å². The molecule has 1 aromatic heterocycles. The average Bonchev–Trinajstić information content (AvgIpc) is 2.77. The van der Waals surface area contributed by atoms with Gasteiger partial charge in [-0.15, -0.1) is 0 Å². The van der Waals surface area contributed by atoms with Gasteiger partial charge in [0.05, 0.1) is 16.9 Å². The Labute approximate surface area is 117 Å². The van der Waals surface area contributed by atoms with Gasteiger partial charge in [0, 0.05) is 5.69 Å². The van der Waals surface area contributed by atoms with Gasteiger partial charge in [-0.2, -0.15) is 10.4 Å². The molecule has 20 heavy (non-hydrogen) atoms. The molecule has 5 heteroatoms. The van der Waals surface area contributed by atoms with E-state index in [0.717, 1.165) is 17.1 Å². The molecule has 1 aromatic carbocycles. The first-order valence-corrected chi connectivity index (χ1v) is 6.25. The Bertz CT molecular complexity index is 665. The van der Waals surface area contributed by atoms with Gasteiger partial charge in [-0.25, -0.2) is 9.48 Å². The van der Waals surface area contributed by atoms with Crippen LogP contribution in [0.2, 0.25) is 0 Å². The normalized spacial score (nSPS) is 11.7. The van der Waals surface area contributed by atoms with E-state index in [4.69, 9.17) is 10.00 Å². The molecule has 0 saturated heterocycles. The summed E-state index contributed by atoms with van der Waals surface area (Å²) in [5.41, 5.74) is 3.25. The molecule has 0 aliphatic heterocycles. The Kier molecular flexibility index (Phi) is 3.85. The predicted molar refractivity (Wildman–Crippen MR) is 73.5 cm³/mol. The number of carbonyl (C=O) groups is 1. The molecule has 1 unspecified atom stereocenters. The minimum absolute atomic E-state index is 0.414. The van der Waals surface area contributed by atoms with Gasteiger partial charge in [0.15, 0.2) is 6.10 Å². The lowest BCUT2D eigenvalue weighted by molar-refractivity contribution is 0.0435. The molecule has 5 nitrogen and oxygen atoms in total. The predicted octanol–water partition coefficient (Wildman–Crippen LogP) is 2.56. The zero-order valence-corrected chi connectivity index (χ0v) is 11.6. The van der Waals surface area contributed by atoms with Gasteiger partial charge in [-0.1, -0.05) is 0 Å². The Morgan fingerprint density at radius 1 is 1.35 bits per heavy atom. The second-order valence-electron chi connectivity index (χ2n) is 4.56. The van der Waals surface area contributed by atoms with Crippen LogP contribution in [0.1, 0.15) is 28.7 Å². The van der Waals surface area contributed by atoms with Crippen LogP contribution in [0.5, 0.6) is 0 Å². The molecule has 0 N–H and O–H groups in total. The topological polar surface area (TPSA) is 67.9 Å². The lowest BCUT2D eigenvalue weighted by Crippen LogP contribution is -2.13. The van der Waals surface area contributed by atoms with Crippen molar-refractivity contribution in [1.29, 1.82) is 5.26 Å². The monoisotopic (exact) mass is 269 g/mol. The van der Waals surface area contributed by atoms with Crippen molar-refractivity contribution in [3.63, 3.8) is 0 Å². The Morgan fingerprint density at radius 2 is 2.00 bits per heavy atom. The fourth-order valence-corrected chi connectivity index (χ4v) is 1.88. The molecule has 1 heterocycles. The number of ether oxygens (including phenoxy) is 1. The SMILES string of the molecule is Cc1cc(C)n(-c2ccc(C(=O)OC(C)C#N)cc2)n1. The molecule has 102 valence electrons. The highest BCUT2D eigenvalue weighted by Gasteiger charge is 2.11. The molecular formula is C15H15N3O2. The van der Waals surface area contributed by atoms with Gasteiger partial charge >= 0.3 is 5.97 Å². The smallest absolute Gasteiger partial charge is 0.339 e. The molecule has 0 amide bonds. The van der Waals surface area contributed by atoms with Crippen LogP contribution >= 0.6 is 0 Å². The molecule has 1 atom stereocenters. The molecule has 2 aromatic rings. The van der Waals surface area contributed by atoms with E-state index in [2.05, 4.69) is 5.10 Å². The second-order valence-corrected chi connectivity index (χ2v) is 4.56. The van der Waals surface area contributed by atoms with Crippen LogP contribution < -0.4 is 0 Å². The molecule has 0 aliphatic rings. The Morgan fingerprint density at radius 3 is 2.50 bits per heavy atom. The van der Waals surface area contributed by atoms with E-state index < -0.39 is 12.1 Å². The van der Waals surface area contributed by atoms with Crippen molar-refractivity contribution >= 4 is 5.97 Å². The summed E-state index contributed by atoms with van der Waals surface area (Å²) in [6, 6.07) is 10.8. The highest BCUT2D eigenvalue weighted by atomic mass is 16.5. The number of hydrogen-bond acceptors (Lipinski definition) is 4. The first kappa shape index (κ1) is 13.8. The van der Waals surface area contributed by atoms with E-state index in [9.17, 15) is 4.79 Å². The summed E-state index contributed by atoms with van der Waals surface area (Å²) in [5.74, 6) is -0.501. The first-order chi connectivity index (χ1) is 9.51. The van der Waals surface area contributed by atoms with Crippen LogP contribution in [0.3, 0.4) is 0 Å². The summed E-state index contributed by atoms with van der Waals surface area (Å²) in [7, 11) is 0. The molecule has 0 saturated carbocycles. The third-order valence-electron chi connectivity index (χ3n) is 2.82. The average molecular weight is 269 g/mol. The van der Waals surface area contributed by atoms with Crippen LogP contribution in [-0.4, -0.2) is 21.9 Å². The zero-order valence-electron chi connectivity index (χ0n) is 11.6. The van der Waals surface area contributed by atoms with E-state index >= 15 is 0 Å². The number of rotatable bonds is 3. The number of aryl methyl sites for hydroxylation is 2. The fourth-order valence-electron chi connectivity index (χ4n) is 1.88. The summed E-state index contributed by atoms with van der Waals surface area (Å²) in [4.78, 5) is 11.7. The van der Waals surface area contributed by atoms with Crippen molar-refractivity contribution in [3.8, 4) is 11.8 Å². The van der Waals surface area contributed by atoms with Crippen LogP contribution in [0.4, 0.5) is 0 Å². The minimum atomic E-state index is -0.752. The van der Waals surface area contributed by atoms with Crippen LogP contribution in [0, 0.1) is 25.2 Å². The molecule has 0 radical (unpaired) electrons. The van der Waals surface area contributed by atoms with E-state index in [1.54, 1.807) is 24.3 Å². The van der Waals surface area contributed by atoms with Gasteiger partial charge in [-0.3, -0.25) is 0 Å². The third-order valence-corrected chi connectivity index (χ3v) is 2.82. The standard InChI is InChI=1S/C15H15N3O2/c1-10-8-11(2)18(17-10)14-6-4-13(5-7-14)15(19)20-12(3)9-16/h4-8,12H,1-3H3. The van der Waals surface area contributed by atoms with E-state index in [-0.39, 0.29) is 0 Å². The largest absolute Gasteiger partial charge is 0.444 e. The van der Waals surface area contributed by atoms with Crippen molar-refractivity contribution < 1.29 is 9.53 Å². The number of esters is 1. The maximum Gasteiger partial charge on any atom is 0.339 e. The fraction of sp³-hybridized carbons (Fsp3) is 0.267. The van der Waals surface area contributed by atoms with Crippen molar-refractivity contribution in [2.45, 2.75) is 26.9 Å². The van der Waals surface area contributed by atoms with Crippen LogP contribution in [-0.2, 0) is 4.74 Å². The van der Waals surface area contributed by atoms with Gasteiger partial charge in [0.25, 0.3) is 0 Å². The maximum absolute atomic E-state index is 11.7. The zero-order chi connectivity index (χ0) is 14.7. The summed E-state index contributed by atoms with van der Waals surface area (Å²) in [5, 5.41) is 13.0. The maximum atomic E-state index is 11.7. The van der Waals surface area contributed by atoms with Gasteiger partial charge in [0.2, 0.25) is 0 Å². The highest BCUT2D eigenvalue weighted by molar-refractivity contribution is 5.89. The summed E-state index contributed by atoms with van der Waals surface area (Å²) >= 11 is 0. The van der Waals surface area contributed by atoms with Crippen molar-refractivity contribution in [2.75, 3.05) is 0 Å². The molecular weight excluding hydrogens is 254 g/mol. The van der Waals surface area contributed by atoms with Crippen molar-refractivity contribution in [3.05, 3.63) is 47.3 Å². The number of benzene rings is 1. The second kappa shape index (κ2) is 5.57. The first-order valence-electron chi connectivity index (χ1n) is 6.25. The minimum Gasteiger partial charge on any atom is -0.444 e. The van der Waals surface area contributed by atoms with E-state index in [1.165, 1.54) is 6.92 Å². The summed E-state index contributed by atoms with van der Waals surface area (Å²) in [6.45, 7) is 5.43. The van der Waals surface area contributed by atoms with Gasteiger partial charge in [-0.05, 0) is 51.1 Å².